The predicted octanol–water partition coefficient (Wildman–Crippen LogP) is 3.54. The van der Waals surface area contributed by atoms with Crippen molar-refractivity contribution in [3.8, 4) is 6.07 Å². The molecule has 2 rings (SSSR count). The van der Waals surface area contributed by atoms with Crippen molar-refractivity contribution in [2.45, 2.75) is 40.2 Å². The molecule has 1 heterocycles. The van der Waals surface area contributed by atoms with Gasteiger partial charge in [-0.3, -0.25) is 0 Å². The highest BCUT2D eigenvalue weighted by molar-refractivity contribution is 5.75. The van der Waals surface area contributed by atoms with Crippen LogP contribution in [0.1, 0.15) is 33.0 Å². The maximum absolute atomic E-state index is 9.09. The maximum Gasteiger partial charge on any atom is 0.109 e. The van der Waals surface area contributed by atoms with E-state index in [0.717, 1.165) is 30.7 Å². The third-order valence-corrected chi connectivity index (χ3v) is 3.31. The first-order valence-corrected chi connectivity index (χ1v) is 6.43. The molecule has 0 bridgehead atoms. The van der Waals surface area contributed by atoms with Crippen molar-refractivity contribution in [3.63, 3.8) is 0 Å². The maximum atomic E-state index is 9.09. The van der Waals surface area contributed by atoms with Gasteiger partial charge in [0.15, 0.2) is 0 Å². The van der Waals surface area contributed by atoms with E-state index < -0.39 is 0 Å². The molecule has 0 spiro atoms. The van der Waals surface area contributed by atoms with Crippen LogP contribution in [0.3, 0.4) is 0 Å². The number of aromatic nitrogens is 2. The predicted molar refractivity (Wildman–Crippen MR) is 73.1 cm³/mol. The van der Waals surface area contributed by atoms with Gasteiger partial charge >= 0.3 is 0 Å². The standard InChI is InChI=1S/C15H19N3/c1-4-14-17-12-7-5-6-8-13(12)18(14)10-9-15(2,3)11-16/h5-8H,4,9-10H2,1-3H3. The molecular weight excluding hydrogens is 222 g/mol. The van der Waals surface area contributed by atoms with E-state index in [4.69, 9.17) is 5.26 Å². The third-order valence-electron chi connectivity index (χ3n) is 3.31. The number of hydrogen-bond acceptors (Lipinski definition) is 2. The average Bonchev–Trinajstić information content (AvgIpc) is 2.74. The van der Waals surface area contributed by atoms with Crippen LogP contribution in [0.5, 0.6) is 0 Å². The summed E-state index contributed by atoms with van der Waals surface area (Å²) in [5.74, 6) is 1.10. The van der Waals surface area contributed by atoms with Crippen LogP contribution in [0.2, 0.25) is 0 Å². The van der Waals surface area contributed by atoms with E-state index in [9.17, 15) is 0 Å². The van der Waals surface area contributed by atoms with Crippen LogP contribution < -0.4 is 0 Å². The fraction of sp³-hybridized carbons (Fsp3) is 0.467. The Balaban J connectivity index is 2.35. The zero-order chi connectivity index (χ0) is 13.2. The fourth-order valence-electron chi connectivity index (χ4n) is 2.09. The summed E-state index contributed by atoms with van der Waals surface area (Å²) in [4.78, 5) is 4.64. The number of imidazole rings is 1. The van der Waals surface area contributed by atoms with Crippen molar-refractivity contribution in [1.82, 2.24) is 9.55 Å². The molecule has 1 aromatic heterocycles. The Morgan fingerprint density at radius 2 is 2.06 bits per heavy atom. The van der Waals surface area contributed by atoms with Gasteiger partial charge in [0.2, 0.25) is 0 Å². The SMILES string of the molecule is CCc1nc2ccccc2n1CCC(C)(C)C#N. The van der Waals surface area contributed by atoms with E-state index in [-0.39, 0.29) is 5.41 Å². The molecule has 3 nitrogen and oxygen atoms in total. The summed E-state index contributed by atoms with van der Waals surface area (Å²) >= 11 is 0. The lowest BCUT2D eigenvalue weighted by Gasteiger charge is -2.16. The molecular formula is C15H19N3. The topological polar surface area (TPSA) is 41.6 Å². The molecule has 0 saturated carbocycles. The molecule has 0 atom stereocenters. The second kappa shape index (κ2) is 4.81. The van der Waals surface area contributed by atoms with E-state index in [1.807, 2.05) is 32.0 Å². The quantitative estimate of drug-likeness (QED) is 0.821. The molecule has 18 heavy (non-hydrogen) atoms. The minimum atomic E-state index is -0.281. The van der Waals surface area contributed by atoms with Gasteiger partial charge in [-0.15, -0.1) is 0 Å². The lowest BCUT2D eigenvalue weighted by Crippen LogP contribution is -2.13. The van der Waals surface area contributed by atoms with Gasteiger partial charge in [-0.05, 0) is 32.4 Å². The molecule has 0 aliphatic heterocycles. The largest absolute Gasteiger partial charge is 0.328 e. The Kier molecular flexibility index (Phi) is 3.38. The smallest absolute Gasteiger partial charge is 0.109 e. The van der Waals surface area contributed by atoms with Crippen LogP contribution in [-0.4, -0.2) is 9.55 Å². The van der Waals surface area contributed by atoms with Gasteiger partial charge in [-0.25, -0.2) is 4.98 Å². The number of fused-ring (bicyclic) bond motifs is 1. The zero-order valence-corrected chi connectivity index (χ0v) is 11.3. The van der Waals surface area contributed by atoms with E-state index in [1.165, 1.54) is 5.52 Å². The van der Waals surface area contributed by atoms with Gasteiger partial charge in [-0.1, -0.05) is 19.1 Å². The highest BCUT2D eigenvalue weighted by atomic mass is 15.1. The molecule has 0 aliphatic rings. The normalized spacial score (nSPS) is 11.7. The lowest BCUT2D eigenvalue weighted by atomic mass is 9.91. The highest BCUT2D eigenvalue weighted by Gasteiger charge is 2.18. The Morgan fingerprint density at radius 3 is 2.72 bits per heavy atom. The van der Waals surface area contributed by atoms with Gasteiger partial charge in [0.25, 0.3) is 0 Å². The minimum absolute atomic E-state index is 0.281. The van der Waals surface area contributed by atoms with E-state index >= 15 is 0 Å². The summed E-state index contributed by atoms with van der Waals surface area (Å²) in [6, 6.07) is 10.5. The number of hydrogen-bond donors (Lipinski definition) is 0. The first kappa shape index (κ1) is 12.6. The number of rotatable bonds is 4. The Bertz CT molecular complexity index is 587. The van der Waals surface area contributed by atoms with Crippen LogP contribution in [0.15, 0.2) is 24.3 Å². The van der Waals surface area contributed by atoms with Crippen molar-refractivity contribution >= 4 is 11.0 Å². The summed E-state index contributed by atoms with van der Waals surface area (Å²) < 4.78 is 2.24. The van der Waals surface area contributed by atoms with Gasteiger partial charge in [-0.2, -0.15) is 5.26 Å². The van der Waals surface area contributed by atoms with Crippen molar-refractivity contribution in [2.24, 2.45) is 5.41 Å². The van der Waals surface area contributed by atoms with Gasteiger partial charge < -0.3 is 4.57 Å². The number of aryl methyl sites for hydroxylation is 2. The van der Waals surface area contributed by atoms with Crippen molar-refractivity contribution in [2.75, 3.05) is 0 Å². The van der Waals surface area contributed by atoms with Gasteiger partial charge in [0.05, 0.1) is 22.5 Å². The van der Waals surface area contributed by atoms with Crippen LogP contribution in [0.25, 0.3) is 11.0 Å². The molecule has 2 aromatic rings. The zero-order valence-electron chi connectivity index (χ0n) is 11.3. The monoisotopic (exact) mass is 241 g/mol. The average molecular weight is 241 g/mol. The number of para-hydroxylation sites is 2. The molecule has 0 unspecified atom stereocenters. The van der Waals surface area contributed by atoms with E-state index in [2.05, 4.69) is 28.6 Å². The Labute approximate surface area is 108 Å². The van der Waals surface area contributed by atoms with E-state index in [1.54, 1.807) is 0 Å². The van der Waals surface area contributed by atoms with E-state index in [0.29, 0.717) is 0 Å². The Morgan fingerprint density at radius 1 is 1.33 bits per heavy atom. The van der Waals surface area contributed by atoms with Crippen molar-refractivity contribution < 1.29 is 0 Å². The second-order valence-electron chi connectivity index (χ2n) is 5.27. The molecule has 0 fully saturated rings. The van der Waals surface area contributed by atoms with Crippen LogP contribution in [0, 0.1) is 16.7 Å². The Hall–Kier alpha value is -1.82. The highest BCUT2D eigenvalue weighted by Crippen LogP contribution is 2.23. The molecule has 0 amide bonds. The summed E-state index contributed by atoms with van der Waals surface area (Å²) in [7, 11) is 0. The number of nitriles is 1. The fourth-order valence-corrected chi connectivity index (χ4v) is 2.09. The van der Waals surface area contributed by atoms with Crippen molar-refractivity contribution in [1.29, 1.82) is 5.26 Å². The molecule has 0 radical (unpaired) electrons. The number of benzene rings is 1. The molecule has 1 aromatic carbocycles. The van der Waals surface area contributed by atoms with Crippen LogP contribution in [-0.2, 0) is 13.0 Å². The van der Waals surface area contributed by atoms with Crippen LogP contribution in [0.4, 0.5) is 0 Å². The third kappa shape index (κ3) is 2.38. The summed E-state index contributed by atoms with van der Waals surface area (Å²) in [5.41, 5.74) is 1.93. The summed E-state index contributed by atoms with van der Waals surface area (Å²) in [6.45, 7) is 6.94. The first-order chi connectivity index (χ1) is 8.57. The second-order valence-corrected chi connectivity index (χ2v) is 5.27. The van der Waals surface area contributed by atoms with Gasteiger partial charge in [0.1, 0.15) is 5.82 Å². The molecule has 3 heteroatoms. The molecule has 0 saturated heterocycles. The van der Waals surface area contributed by atoms with Crippen LogP contribution >= 0.6 is 0 Å². The molecule has 94 valence electrons. The molecule has 0 N–H and O–H groups in total. The van der Waals surface area contributed by atoms with Crippen molar-refractivity contribution in [3.05, 3.63) is 30.1 Å². The molecule has 0 aliphatic carbocycles. The minimum Gasteiger partial charge on any atom is -0.328 e. The van der Waals surface area contributed by atoms with Gasteiger partial charge in [0, 0.05) is 13.0 Å². The lowest BCUT2D eigenvalue weighted by molar-refractivity contribution is 0.413. The number of nitrogens with zero attached hydrogens (tertiary/aromatic N) is 3. The first-order valence-electron chi connectivity index (χ1n) is 6.43. The summed E-state index contributed by atoms with van der Waals surface area (Å²) in [5, 5.41) is 9.09. The summed E-state index contributed by atoms with van der Waals surface area (Å²) in [6.07, 6.45) is 1.76.